The molecule has 0 heterocycles. The molecule has 23 heavy (non-hydrogen) atoms. The highest BCUT2D eigenvalue weighted by atomic mass is 32.1. The number of hydrogen-bond donors (Lipinski definition) is 1. The van der Waals surface area contributed by atoms with Crippen LogP contribution in [0.5, 0.6) is 5.75 Å². The van der Waals surface area contributed by atoms with Crippen LogP contribution in [0, 0.1) is 0 Å². The van der Waals surface area contributed by atoms with Crippen molar-refractivity contribution in [2.45, 2.75) is 6.61 Å². The van der Waals surface area contributed by atoms with Crippen LogP contribution in [0.25, 0.3) is 0 Å². The van der Waals surface area contributed by atoms with E-state index in [2.05, 4.69) is 5.32 Å². The monoisotopic (exact) mass is 319 g/mol. The molecule has 114 valence electrons. The smallest absolute Gasteiger partial charge is 0.121 e. The van der Waals surface area contributed by atoms with Gasteiger partial charge in [-0.2, -0.15) is 0 Å². The Morgan fingerprint density at radius 3 is 2.26 bits per heavy atom. The molecule has 0 saturated heterocycles. The highest BCUT2D eigenvalue weighted by Crippen LogP contribution is 2.19. The molecule has 3 aromatic carbocycles. The van der Waals surface area contributed by atoms with Crippen LogP contribution in [-0.2, 0) is 6.61 Å². The normalized spacial score (nSPS) is 10.1. The van der Waals surface area contributed by atoms with Crippen LogP contribution in [0.15, 0.2) is 84.9 Å². The van der Waals surface area contributed by atoms with E-state index in [0.717, 1.165) is 22.6 Å². The van der Waals surface area contributed by atoms with Crippen molar-refractivity contribution >= 4 is 22.9 Å². The molecule has 0 radical (unpaired) electrons. The first kappa shape index (κ1) is 15.3. The molecule has 3 heteroatoms. The van der Waals surface area contributed by atoms with Gasteiger partial charge in [0.1, 0.15) is 17.3 Å². The van der Waals surface area contributed by atoms with E-state index in [1.807, 2.05) is 84.9 Å². The Morgan fingerprint density at radius 1 is 0.826 bits per heavy atom. The maximum atomic E-state index is 5.84. The average molecular weight is 319 g/mol. The third-order valence-corrected chi connectivity index (χ3v) is 3.71. The van der Waals surface area contributed by atoms with Gasteiger partial charge in [-0.25, -0.2) is 0 Å². The van der Waals surface area contributed by atoms with Gasteiger partial charge in [-0.3, -0.25) is 0 Å². The highest BCUT2D eigenvalue weighted by Gasteiger charge is 2.02. The summed E-state index contributed by atoms with van der Waals surface area (Å²) in [6, 6.07) is 27.9. The van der Waals surface area contributed by atoms with Crippen LogP contribution in [0.4, 0.5) is 5.69 Å². The van der Waals surface area contributed by atoms with Crippen molar-refractivity contribution < 1.29 is 4.74 Å². The highest BCUT2D eigenvalue weighted by molar-refractivity contribution is 7.81. The zero-order valence-corrected chi connectivity index (χ0v) is 13.4. The molecule has 3 rings (SSSR count). The van der Waals surface area contributed by atoms with Crippen LogP contribution in [-0.4, -0.2) is 4.99 Å². The lowest BCUT2D eigenvalue weighted by Gasteiger charge is -2.11. The van der Waals surface area contributed by atoms with Crippen molar-refractivity contribution in [2.24, 2.45) is 0 Å². The number of rotatable bonds is 5. The van der Waals surface area contributed by atoms with Gasteiger partial charge in [0.05, 0.1) is 0 Å². The van der Waals surface area contributed by atoms with Gasteiger partial charge in [0.2, 0.25) is 0 Å². The molecule has 0 spiro atoms. The molecule has 0 aliphatic rings. The molecule has 0 unspecified atom stereocenters. The molecule has 3 aromatic rings. The fraction of sp³-hybridized carbons (Fsp3) is 0.0500. The van der Waals surface area contributed by atoms with Crippen molar-refractivity contribution in [1.29, 1.82) is 0 Å². The zero-order valence-electron chi connectivity index (χ0n) is 12.6. The topological polar surface area (TPSA) is 21.3 Å². The molecule has 1 N–H and O–H groups in total. The summed E-state index contributed by atoms with van der Waals surface area (Å²) in [7, 11) is 0. The van der Waals surface area contributed by atoms with Gasteiger partial charge in [0.25, 0.3) is 0 Å². The molecule has 0 fully saturated rings. The van der Waals surface area contributed by atoms with Gasteiger partial charge in [0, 0.05) is 17.3 Å². The third-order valence-electron chi connectivity index (χ3n) is 3.38. The summed E-state index contributed by atoms with van der Waals surface area (Å²) in [6.45, 7) is 0.549. The largest absolute Gasteiger partial charge is 0.489 e. The van der Waals surface area contributed by atoms with E-state index in [9.17, 15) is 0 Å². The van der Waals surface area contributed by atoms with Gasteiger partial charge >= 0.3 is 0 Å². The van der Waals surface area contributed by atoms with E-state index in [1.54, 1.807) is 0 Å². The van der Waals surface area contributed by atoms with Gasteiger partial charge in [-0.1, -0.05) is 78.9 Å². The number of thiocarbonyl (C=S) groups is 1. The molecule has 2 nitrogen and oxygen atoms in total. The van der Waals surface area contributed by atoms with E-state index >= 15 is 0 Å². The summed E-state index contributed by atoms with van der Waals surface area (Å²) in [6.07, 6.45) is 0. The molecule has 0 atom stereocenters. The second-order valence-corrected chi connectivity index (χ2v) is 5.53. The second-order valence-electron chi connectivity index (χ2n) is 5.12. The van der Waals surface area contributed by atoms with Gasteiger partial charge < -0.3 is 10.1 Å². The first-order chi connectivity index (χ1) is 11.3. The molecular weight excluding hydrogens is 302 g/mol. The van der Waals surface area contributed by atoms with Crippen LogP contribution in [0.1, 0.15) is 11.1 Å². The summed E-state index contributed by atoms with van der Waals surface area (Å²) in [5.41, 5.74) is 3.06. The first-order valence-electron chi connectivity index (χ1n) is 7.44. The van der Waals surface area contributed by atoms with E-state index < -0.39 is 0 Å². The lowest BCUT2D eigenvalue weighted by molar-refractivity contribution is 0.306. The average Bonchev–Trinajstić information content (AvgIpc) is 2.62. The standard InChI is InChI=1S/C20H17NOS/c23-20(17-10-5-2-6-11-17)21-18-12-7-13-19(14-18)22-15-16-8-3-1-4-9-16/h1-14H,15H2,(H,21,23). The maximum absolute atomic E-state index is 5.84. The lowest BCUT2D eigenvalue weighted by atomic mass is 10.2. The van der Waals surface area contributed by atoms with E-state index in [4.69, 9.17) is 17.0 Å². The minimum atomic E-state index is 0.549. The van der Waals surface area contributed by atoms with Crippen LogP contribution in [0.2, 0.25) is 0 Å². The fourth-order valence-corrected chi connectivity index (χ4v) is 2.45. The molecule has 0 saturated carbocycles. The molecular formula is C20H17NOS. The minimum absolute atomic E-state index is 0.549. The summed E-state index contributed by atoms with van der Waals surface area (Å²) in [5.74, 6) is 0.815. The van der Waals surface area contributed by atoms with E-state index in [-0.39, 0.29) is 0 Å². The minimum Gasteiger partial charge on any atom is -0.489 e. The van der Waals surface area contributed by atoms with Crippen LogP contribution < -0.4 is 10.1 Å². The van der Waals surface area contributed by atoms with Crippen molar-refractivity contribution in [2.75, 3.05) is 5.32 Å². The second kappa shape index (κ2) is 7.56. The zero-order chi connectivity index (χ0) is 15.9. The maximum Gasteiger partial charge on any atom is 0.121 e. The summed E-state index contributed by atoms with van der Waals surface area (Å²) >= 11 is 5.44. The Hall–Kier alpha value is -2.65. The van der Waals surface area contributed by atoms with Crippen LogP contribution in [0.3, 0.4) is 0 Å². The van der Waals surface area contributed by atoms with Gasteiger partial charge in [-0.15, -0.1) is 0 Å². The number of ether oxygens (including phenoxy) is 1. The Kier molecular flexibility index (Phi) is 5.02. The lowest BCUT2D eigenvalue weighted by Crippen LogP contribution is -2.10. The van der Waals surface area contributed by atoms with Crippen molar-refractivity contribution in [3.63, 3.8) is 0 Å². The third kappa shape index (κ3) is 4.41. The van der Waals surface area contributed by atoms with E-state index in [0.29, 0.717) is 11.6 Å². The molecule has 0 aromatic heterocycles. The molecule has 0 amide bonds. The Balaban J connectivity index is 1.64. The Bertz CT molecular complexity index is 772. The number of nitrogens with one attached hydrogen (secondary N) is 1. The van der Waals surface area contributed by atoms with Crippen molar-refractivity contribution in [3.8, 4) is 5.75 Å². The van der Waals surface area contributed by atoms with Crippen LogP contribution >= 0.6 is 12.2 Å². The van der Waals surface area contributed by atoms with E-state index in [1.165, 1.54) is 0 Å². The summed E-state index contributed by atoms with van der Waals surface area (Å²) in [5, 5.41) is 3.25. The summed E-state index contributed by atoms with van der Waals surface area (Å²) < 4.78 is 5.84. The van der Waals surface area contributed by atoms with Gasteiger partial charge in [-0.05, 0) is 17.7 Å². The predicted molar refractivity (Wildman–Crippen MR) is 99.0 cm³/mol. The molecule has 0 aliphatic carbocycles. The Morgan fingerprint density at radius 2 is 1.52 bits per heavy atom. The fourth-order valence-electron chi connectivity index (χ4n) is 2.20. The Labute approximate surface area is 141 Å². The predicted octanol–water partition coefficient (Wildman–Crippen LogP) is 5.05. The van der Waals surface area contributed by atoms with Crippen molar-refractivity contribution in [1.82, 2.24) is 0 Å². The number of anilines is 1. The van der Waals surface area contributed by atoms with Gasteiger partial charge in [0.15, 0.2) is 0 Å². The van der Waals surface area contributed by atoms with Crippen molar-refractivity contribution in [3.05, 3.63) is 96.1 Å². The summed E-state index contributed by atoms with van der Waals surface area (Å²) in [4.78, 5) is 0.700. The molecule has 0 bridgehead atoms. The molecule has 0 aliphatic heterocycles. The first-order valence-corrected chi connectivity index (χ1v) is 7.85. The SMILES string of the molecule is S=C(Nc1cccc(OCc2ccccc2)c1)c1ccccc1. The number of hydrogen-bond acceptors (Lipinski definition) is 2. The number of benzene rings is 3. The quantitative estimate of drug-likeness (QED) is 0.665.